The molecule has 1 saturated carbocycles. The molecule has 1 aromatic heterocycles. The Hall–Kier alpha value is -1.13. The maximum atomic E-state index is 6.29. The molecule has 2 aromatic rings. The number of halogens is 2. The largest absolute Gasteiger partial charge is 0.370 e. The molecular weight excluding hydrogens is 338 g/mol. The van der Waals surface area contributed by atoms with Gasteiger partial charge in [-0.05, 0) is 38.0 Å². The van der Waals surface area contributed by atoms with E-state index in [9.17, 15) is 0 Å². The Morgan fingerprint density at radius 2 is 2.10 bits per heavy atom. The molecule has 1 N–H and O–H groups in total. The second-order valence-corrected chi connectivity index (χ2v) is 6.25. The zero-order valence-electron chi connectivity index (χ0n) is 11.2. The molecular formula is C15H15BrClN3. The zero-order valence-corrected chi connectivity index (χ0v) is 13.5. The number of hydrogen-bond donors (Lipinski definition) is 1. The molecule has 5 heteroatoms. The maximum absolute atomic E-state index is 6.29. The van der Waals surface area contributed by atoms with Crippen LogP contribution in [0.2, 0.25) is 5.02 Å². The fraction of sp³-hybridized carbons (Fsp3) is 0.333. The van der Waals surface area contributed by atoms with E-state index in [1.807, 2.05) is 18.2 Å². The first-order chi connectivity index (χ1) is 9.67. The predicted molar refractivity (Wildman–Crippen MR) is 86.3 cm³/mol. The third-order valence-electron chi connectivity index (χ3n) is 3.27. The van der Waals surface area contributed by atoms with Crippen LogP contribution in [0.25, 0.3) is 11.4 Å². The fourth-order valence-electron chi connectivity index (χ4n) is 2.12. The van der Waals surface area contributed by atoms with Crippen molar-refractivity contribution in [1.82, 2.24) is 9.97 Å². The second-order valence-electron chi connectivity index (χ2n) is 4.93. The van der Waals surface area contributed by atoms with Crippen LogP contribution in [0.3, 0.4) is 0 Å². The van der Waals surface area contributed by atoms with Gasteiger partial charge in [0.15, 0.2) is 5.82 Å². The Morgan fingerprint density at radius 1 is 1.30 bits per heavy atom. The lowest BCUT2D eigenvalue weighted by molar-refractivity contribution is 0.988. The van der Waals surface area contributed by atoms with Crippen LogP contribution in [0, 0.1) is 0 Å². The average Bonchev–Trinajstić information content (AvgIpc) is 3.26. The molecule has 1 heterocycles. The van der Waals surface area contributed by atoms with E-state index in [0.717, 1.165) is 28.1 Å². The minimum atomic E-state index is 0.583. The first kappa shape index (κ1) is 13.8. The first-order valence-corrected chi connectivity index (χ1v) is 7.92. The monoisotopic (exact) mass is 351 g/mol. The molecule has 0 unspecified atom stereocenters. The molecule has 0 saturated heterocycles. The van der Waals surface area contributed by atoms with Crippen LogP contribution in [0.1, 0.15) is 31.4 Å². The summed E-state index contributed by atoms with van der Waals surface area (Å²) in [7, 11) is 0. The smallest absolute Gasteiger partial charge is 0.163 e. The summed E-state index contributed by atoms with van der Waals surface area (Å²) in [5.74, 6) is 2.15. The Bertz CT molecular complexity index is 641. The van der Waals surface area contributed by atoms with Gasteiger partial charge in [0, 0.05) is 34.3 Å². The molecule has 0 amide bonds. The van der Waals surface area contributed by atoms with E-state index in [4.69, 9.17) is 16.6 Å². The van der Waals surface area contributed by atoms with Crippen molar-refractivity contribution in [2.24, 2.45) is 0 Å². The van der Waals surface area contributed by atoms with E-state index in [1.165, 1.54) is 12.8 Å². The third-order valence-corrected chi connectivity index (χ3v) is 4.09. The number of hydrogen-bond acceptors (Lipinski definition) is 3. The van der Waals surface area contributed by atoms with Crippen molar-refractivity contribution < 1.29 is 0 Å². The van der Waals surface area contributed by atoms with Gasteiger partial charge < -0.3 is 5.32 Å². The molecule has 3 nitrogen and oxygen atoms in total. The summed E-state index contributed by atoms with van der Waals surface area (Å²) in [6.45, 7) is 2.90. The number of rotatable bonds is 4. The highest BCUT2D eigenvalue weighted by molar-refractivity contribution is 9.10. The Morgan fingerprint density at radius 3 is 2.80 bits per heavy atom. The molecule has 0 radical (unpaired) electrons. The lowest BCUT2D eigenvalue weighted by Gasteiger charge is -2.10. The van der Waals surface area contributed by atoms with Gasteiger partial charge in [-0.2, -0.15) is 0 Å². The fourth-order valence-corrected chi connectivity index (χ4v) is 2.68. The van der Waals surface area contributed by atoms with E-state index < -0.39 is 0 Å². The first-order valence-electron chi connectivity index (χ1n) is 6.75. The quantitative estimate of drug-likeness (QED) is 0.853. The maximum Gasteiger partial charge on any atom is 0.163 e. The lowest BCUT2D eigenvalue weighted by atomic mass is 10.2. The number of nitrogens with zero attached hydrogens (tertiary/aromatic N) is 2. The van der Waals surface area contributed by atoms with E-state index in [-0.39, 0.29) is 0 Å². The normalized spacial score (nSPS) is 14.3. The second kappa shape index (κ2) is 5.70. The van der Waals surface area contributed by atoms with Crippen LogP contribution in [0.5, 0.6) is 0 Å². The van der Waals surface area contributed by atoms with Crippen LogP contribution in [0.15, 0.2) is 28.7 Å². The average molecular weight is 353 g/mol. The van der Waals surface area contributed by atoms with Crippen LogP contribution in [-0.2, 0) is 0 Å². The Labute approximate surface area is 131 Å². The minimum absolute atomic E-state index is 0.583. The standard InChI is InChI=1S/C15H15BrClN3/c1-2-18-14-8-13(9-3-4-9)19-15(20-14)11-7-10(16)5-6-12(11)17/h5-9H,2-4H2,1H3,(H,18,19,20). The van der Waals surface area contributed by atoms with Gasteiger partial charge in [-0.25, -0.2) is 9.97 Å². The van der Waals surface area contributed by atoms with Crippen molar-refractivity contribution in [3.63, 3.8) is 0 Å². The lowest BCUT2D eigenvalue weighted by Crippen LogP contribution is -2.04. The molecule has 20 heavy (non-hydrogen) atoms. The molecule has 1 aliphatic carbocycles. The van der Waals surface area contributed by atoms with Crippen LogP contribution < -0.4 is 5.32 Å². The van der Waals surface area contributed by atoms with Crippen LogP contribution in [-0.4, -0.2) is 16.5 Å². The minimum Gasteiger partial charge on any atom is -0.370 e. The number of aromatic nitrogens is 2. The van der Waals surface area contributed by atoms with Gasteiger partial charge in [-0.3, -0.25) is 0 Å². The number of anilines is 1. The summed E-state index contributed by atoms with van der Waals surface area (Å²) in [6.07, 6.45) is 2.43. The van der Waals surface area contributed by atoms with Gasteiger partial charge in [-0.15, -0.1) is 0 Å². The van der Waals surface area contributed by atoms with Gasteiger partial charge in [0.2, 0.25) is 0 Å². The summed E-state index contributed by atoms with van der Waals surface area (Å²) >= 11 is 9.76. The third kappa shape index (κ3) is 2.96. The highest BCUT2D eigenvalue weighted by Crippen LogP contribution is 2.40. The highest BCUT2D eigenvalue weighted by atomic mass is 79.9. The molecule has 1 aliphatic rings. The van der Waals surface area contributed by atoms with E-state index in [0.29, 0.717) is 16.8 Å². The van der Waals surface area contributed by atoms with Gasteiger partial charge in [0.05, 0.1) is 5.02 Å². The zero-order chi connectivity index (χ0) is 14.1. The van der Waals surface area contributed by atoms with Crippen molar-refractivity contribution in [2.45, 2.75) is 25.7 Å². The van der Waals surface area contributed by atoms with Gasteiger partial charge in [-0.1, -0.05) is 27.5 Å². The molecule has 0 atom stereocenters. The molecule has 3 rings (SSSR count). The molecule has 0 bridgehead atoms. The predicted octanol–water partition coefficient (Wildman–Crippen LogP) is 4.87. The van der Waals surface area contributed by atoms with E-state index in [2.05, 4.69) is 39.2 Å². The topological polar surface area (TPSA) is 37.8 Å². The molecule has 1 aromatic carbocycles. The number of nitrogens with one attached hydrogen (secondary N) is 1. The molecule has 0 spiro atoms. The summed E-state index contributed by atoms with van der Waals surface area (Å²) < 4.78 is 0.974. The summed E-state index contributed by atoms with van der Waals surface area (Å²) in [4.78, 5) is 9.27. The van der Waals surface area contributed by atoms with Gasteiger partial charge >= 0.3 is 0 Å². The van der Waals surface area contributed by atoms with Crippen LogP contribution >= 0.6 is 27.5 Å². The SMILES string of the molecule is CCNc1cc(C2CC2)nc(-c2cc(Br)ccc2Cl)n1. The van der Waals surface area contributed by atoms with E-state index >= 15 is 0 Å². The van der Waals surface area contributed by atoms with Gasteiger partial charge in [0.25, 0.3) is 0 Å². The van der Waals surface area contributed by atoms with Crippen molar-refractivity contribution in [3.8, 4) is 11.4 Å². The van der Waals surface area contributed by atoms with Crippen molar-refractivity contribution in [3.05, 3.63) is 39.5 Å². The van der Waals surface area contributed by atoms with Crippen molar-refractivity contribution in [1.29, 1.82) is 0 Å². The van der Waals surface area contributed by atoms with Gasteiger partial charge in [0.1, 0.15) is 5.82 Å². The Balaban J connectivity index is 2.09. The Kier molecular flexibility index (Phi) is 3.94. The van der Waals surface area contributed by atoms with E-state index in [1.54, 1.807) is 0 Å². The molecule has 1 fully saturated rings. The number of benzene rings is 1. The summed E-state index contributed by atoms with van der Waals surface area (Å²) in [6, 6.07) is 7.80. The van der Waals surface area contributed by atoms with Crippen molar-refractivity contribution >= 4 is 33.3 Å². The molecule has 0 aliphatic heterocycles. The summed E-state index contributed by atoms with van der Waals surface area (Å²) in [5, 5.41) is 3.94. The van der Waals surface area contributed by atoms with Crippen molar-refractivity contribution in [2.75, 3.05) is 11.9 Å². The highest BCUT2D eigenvalue weighted by Gasteiger charge is 2.26. The van der Waals surface area contributed by atoms with Crippen LogP contribution in [0.4, 0.5) is 5.82 Å². The summed E-state index contributed by atoms with van der Waals surface area (Å²) in [5.41, 5.74) is 1.98. The molecule has 104 valence electrons.